The Kier molecular flexibility index (Phi) is 3.72. The van der Waals surface area contributed by atoms with E-state index in [-0.39, 0.29) is 5.69 Å². The van der Waals surface area contributed by atoms with Crippen LogP contribution in [0.1, 0.15) is 13.3 Å². The maximum atomic E-state index is 10.7. The third-order valence-electron chi connectivity index (χ3n) is 3.22. The Labute approximate surface area is 130 Å². The average Bonchev–Trinajstić information content (AvgIpc) is 2.91. The van der Waals surface area contributed by atoms with Gasteiger partial charge in [0.05, 0.1) is 16.5 Å². The van der Waals surface area contributed by atoms with E-state index in [1.165, 1.54) is 12.1 Å². The lowest BCUT2D eigenvalue weighted by atomic mass is 10.2. The molecule has 0 N–H and O–H groups in total. The number of nitro benzene ring substituents is 1. The SMILES string of the molecule is CCCn1ncc2c(Cl)nc(-c3ccc([N+](=O)[O-])cc3)nc21. The highest BCUT2D eigenvalue weighted by Crippen LogP contribution is 2.26. The highest BCUT2D eigenvalue weighted by molar-refractivity contribution is 6.34. The zero-order valence-electron chi connectivity index (χ0n) is 11.7. The topological polar surface area (TPSA) is 86.7 Å². The van der Waals surface area contributed by atoms with Gasteiger partial charge in [0.1, 0.15) is 5.15 Å². The highest BCUT2D eigenvalue weighted by Gasteiger charge is 2.13. The van der Waals surface area contributed by atoms with Crippen LogP contribution in [0.2, 0.25) is 5.15 Å². The molecule has 0 aliphatic heterocycles. The third-order valence-corrected chi connectivity index (χ3v) is 3.51. The fourth-order valence-electron chi connectivity index (χ4n) is 2.16. The number of nitro groups is 1. The van der Waals surface area contributed by atoms with Crippen LogP contribution < -0.4 is 0 Å². The molecule has 1 aromatic carbocycles. The summed E-state index contributed by atoms with van der Waals surface area (Å²) in [6.07, 6.45) is 2.57. The molecule has 22 heavy (non-hydrogen) atoms. The van der Waals surface area contributed by atoms with Crippen LogP contribution in [0.4, 0.5) is 5.69 Å². The molecule has 0 unspecified atom stereocenters. The molecule has 0 fully saturated rings. The first-order chi connectivity index (χ1) is 10.6. The van der Waals surface area contributed by atoms with E-state index in [0.717, 1.165) is 13.0 Å². The van der Waals surface area contributed by atoms with Gasteiger partial charge in [0.15, 0.2) is 11.5 Å². The van der Waals surface area contributed by atoms with E-state index in [9.17, 15) is 10.1 Å². The summed E-state index contributed by atoms with van der Waals surface area (Å²) in [5.41, 5.74) is 1.35. The van der Waals surface area contributed by atoms with Crippen LogP contribution in [-0.2, 0) is 6.54 Å². The van der Waals surface area contributed by atoms with E-state index in [1.807, 2.05) is 6.92 Å². The molecule has 0 spiro atoms. The van der Waals surface area contributed by atoms with E-state index in [4.69, 9.17) is 11.6 Å². The Bertz CT molecular complexity index is 844. The summed E-state index contributed by atoms with van der Waals surface area (Å²) >= 11 is 6.19. The molecular formula is C14H12ClN5O2. The summed E-state index contributed by atoms with van der Waals surface area (Å²) in [5, 5.41) is 16.0. The van der Waals surface area contributed by atoms with Gasteiger partial charge in [0, 0.05) is 24.2 Å². The standard InChI is InChI=1S/C14H12ClN5O2/c1-2-7-19-14-11(8-16-19)12(15)17-13(18-14)9-3-5-10(6-4-9)20(21)22/h3-6,8H,2,7H2,1H3. The van der Waals surface area contributed by atoms with Gasteiger partial charge in [-0.1, -0.05) is 18.5 Å². The number of nitrogens with zero attached hydrogens (tertiary/aromatic N) is 5. The van der Waals surface area contributed by atoms with Gasteiger partial charge < -0.3 is 0 Å². The number of benzene rings is 1. The second kappa shape index (κ2) is 5.69. The van der Waals surface area contributed by atoms with Crippen LogP contribution in [0.3, 0.4) is 0 Å². The van der Waals surface area contributed by atoms with Crippen molar-refractivity contribution in [2.45, 2.75) is 19.9 Å². The van der Waals surface area contributed by atoms with Crippen molar-refractivity contribution in [2.75, 3.05) is 0 Å². The Morgan fingerprint density at radius 2 is 2.00 bits per heavy atom. The fourth-order valence-corrected chi connectivity index (χ4v) is 2.37. The van der Waals surface area contributed by atoms with Gasteiger partial charge in [0.2, 0.25) is 0 Å². The van der Waals surface area contributed by atoms with Crippen molar-refractivity contribution in [1.82, 2.24) is 19.7 Å². The molecule has 7 nitrogen and oxygen atoms in total. The second-order valence-electron chi connectivity index (χ2n) is 4.75. The summed E-state index contributed by atoms with van der Waals surface area (Å²) in [6, 6.07) is 6.05. The maximum Gasteiger partial charge on any atom is 0.269 e. The predicted molar refractivity (Wildman–Crippen MR) is 82.7 cm³/mol. The van der Waals surface area contributed by atoms with Gasteiger partial charge in [-0.3, -0.25) is 10.1 Å². The van der Waals surface area contributed by atoms with Crippen molar-refractivity contribution < 1.29 is 4.92 Å². The van der Waals surface area contributed by atoms with Gasteiger partial charge in [-0.2, -0.15) is 5.10 Å². The Morgan fingerprint density at radius 3 is 2.64 bits per heavy atom. The Morgan fingerprint density at radius 1 is 1.27 bits per heavy atom. The third kappa shape index (κ3) is 2.50. The lowest BCUT2D eigenvalue weighted by molar-refractivity contribution is -0.384. The van der Waals surface area contributed by atoms with Crippen molar-refractivity contribution in [1.29, 1.82) is 0 Å². The number of fused-ring (bicyclic) bond motifs is 1. The molecule has 112 valence electrons. The lowest BCUT2D eigenvalue weighted by Crippen LogP contribution is -2.01. The van der Waals surface area contributed by atoms with Crippen molar-refractivity contribution >= 4 is 28.3 Å². The number of rotatable bonds is 4. The summed E-state index contributed by atoms with van der Waals surface area (Å²) in [6.45, 7) is 2.78. The predicted octanol–water partition coefficient (Wildman–Crippen LogP) is 3.46. The largest absolute Gasteiger partial charge is 0.269 e. The summed E-state index contributed by atoms with van der Waals surface area (Å²) in [7, 11) is 0. The first-order valence-corrected chi connectivity index (χ1v) is 7.12. The molecule has 2 heterocycles. The highest BCUT2D eigenvalue weighted by atomic mass is 35.5. The Hall–Kier alpha value is -2.54. The first-order valence-electron chi connectivity index (χ1n) is 6.74. The van der Waals surface area contributed by atoms with E-state index < -0.39 is 4.92 Å². The number of hydrogen-bond donors (Lipinski definition) is 0. The number of aromatic nitrogens is 4. The molecule has 0 aliphatic carbocycles. The van der Waals surface area contributed by atoms with Gasteiger partial charge in [-0.15, -0.1) is 0 Å². The molecule has 0 amide bonds. The van der Waals surface area contributed by atoms with E-state index >= 15 is 0 Å². The van der Waals surface area contributed by atoms with Gasteiger partial charge in [-0.05, 0) is 18.6 Å². The molecule has 8 heteroatoms. The Balaban J connectivity index is 2.10. The number of halogens is 1. The van der Waals surface area contributed by atoms with E-state index in [0.29, 0.717) is 27.6 Å². The lowest BCUT2D eigenvalue weighted by Gasteiger charge is -2.04. The smallest absolute Gasteiger partial charge is 0.258 e. The molecule has 2 aromatic heterocycles. The van der Waals surface area contributed by atoms with Crippen LogP contribution in [0, 0.1) is 10.1 Å². The molecule has 0 radical (unpaired) electrons. The molecule has 0 aliphatic rings. The number of non-ortho nitro benzene ring substituents is 1. The van der Waals surface area contributed by atoms with Gasteiger partial charge in [-0.25, -0.2) is 14.6 Å². The van der Waals surface area contributed by atoms with Crippen molar-refractivity contribution in [3.63, 3.8) is 0 Å². The van der Waals surface area contributed by atoms with Crippen LogP contribution in [0.5, 0.6) is 0 Å². The quantitative estimate of drug-likeness (QED) is 0.418. The minimum Gasteiger partial charge on any atom is -0.258 e. The zero-order valence-corrected chi connectivity index (χ0v) is 12.5. The van der Waals surface area contributed by atoms with Crippen molar-refractivity contribution in [3.8, 4) is 11.4 Å². The monoisotopic (exact) mass is 317 g/mol. The van der Waals surface area contributed by atoms with Crippen molar-refractivity contribution in [2.24, 2.45) is 0 Å². The number of hydrogen-bond acceptors (Lipinski definition) is 5. The molecule has 0 saturated carbocycles. The molecule has 0 bridgehead atoms. The molecular weight excluding hydrogens is 306 g/mol. The summed E-state index contributed by atoms with van der Waals surface area (Å²) < 4.78 is 1.78. The van der Waals surface area contributed by atoms with Gasteiger partial charge >= 0.3 is 0 Å². The minimum atomic E-state index is -0.447. The fraction of sp³-hybridized carbons (Fsp3) is 0.214. The van der Waals surface area contributed by atoms with Crippen LogP contribution >= 0.6 is 11.6 Å². The van der Waals surface area contributed by atoms with Crippen LogP contribution in [-0.4, -0.2) is 24.7 Å². The van der Waals surface area contributed by atoms with E-state index in [2.05, 4.69) is 15.1 Å². The van der Waals surface area contributed by atoms with Crippen LogP contribution in [0.25, 0.3) is 22.4 Å². The molecule has 0 atom stereocenters. The molecule has 3 aromatic rings. The molecule has 3 rings (SSSR count). The minimum absolute atomic E-state index is 0.0203. The average molecular weight is 318 g/mol. The zero-order chi connectivity index (χ0) is 15.7. The normalized spacial score (nSPS) is 11.0. The van der Waals surface area contributed by atoms with Gasteiger partial charge in [0.25, 0.3) is 5.69 Å². The molecule has 0 saturated heterocycles. The second-order valence-corrected chi connectivity index (χ2v) is 5.11. The summed E-state index contributed by atoms with van der Waals surface area (Å²) in [5.74, 6) is 0.422. The number of aryl methyl sites for hydroxylation is 1. The van der Waals surface area contributed by atoms with E-state index in [1.54, 1.807) is 23.0 Å². The summed E-state index contributed by atoms with van der Waals surface area (Å²) in [4.78, 5) is 19.0. The first kappa shape index (κ1) is 14.4. The maximum absolute atomic E-state index is 10.7. The van der Waals surface area contributed by atoms with Crippen LogP contribution in [0.15, 0.2) is 30.5 Å². The van der Waals surface area contributed by atoms with Crippen molar-refractivity contribution in [3.05, 3.63) is 45.7 Å².